The van der Waals surface area contributed by atoms with Gasteiger partial charge in [-0.1, -0.05) is 25.5 Å². The molecule has 1 aliphatic heterocycles. The molecule has 1 aromatic carbocycles. The summed E-state index contributed by atoms with van der Waals surface area (Å²) in [6, 6.07) is 6.34. The smallest absolute Gasteiger partial charge is 0.227 e. The average Bonchev–Trinajstić information content (AvgIpc) is 2.96. The van der Waals surface area contributed by atoms with Crippen LogP contribution in [0.2, 0.25) is 0 Å². The molecule has 2 rings (SSSR count). The van der Waals surface area contributed by atoms with E-state index in [9.17, 15) is 14.0 Å². The van der Waals surface area contributed by atoms with Crippen LogP contribution in [0.3, 0.4) is 0 Å². The fourth-order valence-electron chi connectivity index (χ4n) is 3.10. The molecular weight excluding hydrogens is 307 g/mol. The number of benzene rings is 1. The number of halogens is 1. The number of nitrogens with zero attached hydrogens (tertiary/aromatic N) is 2. The number of amides is 2. The van der Waals surface area contributed by atoms with Crippen molar-refractivity contribution in [1.82, 2.24) is 9.80 Å². The van der Waals surface area contributed by atoms with E-state index in [4.69, 9.17) is 0 Å². The lowest BCUT2D eigenvalue weighted by Gasteiger charge is -2.24. The van der Waals surface area contributed by atoms with Gasteiger partial charge < -0.3 is 9.80 Å². The first-order valence-corrected chi connectivity index (χ1v) is 8.86. The lowest BCUT2D eigenvalue weighted by molar-refractivity contribution is -0.135. The molecule has 0 spiro atoms. The molecule has 0 unspecified atom stereocenters. The molecule has 5 heteroatoms. The highest BCUT2D eigenvalue weighted by Crippen LogP contribution is 2.21. The van der Waals surface area contributed by atoms with Gasteiger partial charge in [0.2, 0.25) is 11.8 Å². The molecule has 1 aliphatic rings. The number of hydrogen-bond donors (Lipinski definition) is 0. The molecular formula is C19H27FN2O2. The highest BCUT2D eigenvalue weighted by Gasteiger charge is 2.35. The highest BCUT2D eigenvalue weighted by atomic mass is 19.1. The SMILES string of the molecule is CCCCN(CC)C(=O)[C@@H]1CC(=O)N(CCc2ccc(F)cc2)C1. The van der Waals surface area contributed by atoms with E-state index in [1.165, 1.54) is 12.1 Å². The first-order valence-electron chi connectivity index (χ1n) is 8.86. The van der Waals surface area contributed by atoms with Crippen molar-refractivity contribution in [2.75, 3.05) is 26.2 Å². The van der Waals surface area contributed by atoms with Crippen molar-refractivity contribution in [3.05, 3.63) is 35.6 Å². The Kier molecular flexibility index (Phi) is 6.76. The summed E-state index contributed by atoms with van der Waals surface area (Å²) >= 11 is 0. The number of likely N-dealkylation sites (tertiary alicyclic amines) is 1. The maximum atomic E-state index is 12.9. The largest absolute Gasteiger partial charge is 0.343 e. The van der Waals surface area contributed by atoms with Crippen LogP contribution in [0.4, 0.5) is 4.39 Å². The van der Waals surface area contributed by atoms with Crippen LogP contribution in [-0.4, -0.2) is 47.8 Å². The van der Waals surface area contributed by atoms with Crippen LogP contribution < -0.4 is 0 Å². The first kappa shape index (κ1) is 18.4. The Labute approximate surface area is 143 Å². The molecule has 0 bridgehead atoms. The van der Waals surface area contributed by atoms with E-state index in [0.717, 1.165) is 24.9 Å². The van der Waals surface area contributed by atoms with E-state index >= 15 is 0 Å². The molecule has 24 heavy (non-hydrogen) atoms. The average molecular weight is 334 g/mol. The van der Waals surface area contributed by atoms with Gasteiger partial charge in [0, 0.05) is 32.6 Å². The highest BCUT2D eigenvalue weighted by molar-refractivity contribution is 5.89. The fraction of sp³-hybridized carbons (Fsp3) is 0.579. The molecule has 0 saturated carbocycles. The number of rotatable bonds is 8. The molecule has 1 atom stereocenters. The molecule has 0 aliphatic carbocycles. The topological polar surface area (TPSA) is 40.6 Å². The second-order valence-corrected chi connectivity index (χ2v) is 6.39. The van der Waals surface area contributed by atoms with Gasteiger partial charge in [-0.15, -0.1) is 0 Å². The van der Waals surface area contributed by atoms with Crippen LogP contribution in [0.5, 0.6) is 0 Å². The predicted molar refractivity (Wildman–Crippen MR) is 92.0 cm³/mol. The lowest BCUT2D eigenvalue weighted by atomic mass is 10.1. The summed E-state index contributed by atoms with van der Waals surface area (Å²) in [4.78, 5) is 28.4. The van der Waals surface area contributed by atoms with Crippen LogP contribution in [-0.2, 0) is 16.0 Å². The van der Waals surface area contributed by atoms with Gasteiger partial charge in [0.1, 0.15) is 5.82 Å². The molecule has 1 heterocycles. The second-order valence-electron chi connectivity index (χ2n) is 6.39. The quantitative estimate of drug-likeness (QED) is 0.733. The van der Waals surface area contributed by atoms with Gasteiger partial charge in [0.15, 0.2) is 0 Å². The Morgan fingerprint density at radius 1 is 1.29 bits per heavy atom. The summed E-state index contributed by atoms with van der Waals surface area (Å²) in [7, 11) is 0. The summed E-state index contributed by atoms with van der Waals surface area (Å²) in [6.45, 7) is 6.63. The normalized spacial score (nSPS) is 17.4. The van der Waals surface area contributed by atoms with E-state index in [1.54, 1.807) is 17.0 Å². The molecule has 1 saturated heterocycles. The van der Waals surface area contributed by atoms with Gasteiger partial charge >= 0.3 is 0 Å². The first-order chi connectivity index (χ1) is 11.5. The second kappa shape index (κ2) is 8.81. The maximum absolute atomic E-state index is 12.9. The van der Waals surface area contributed by atoms with Crippen molar-refractivity contribution in [2.24, 2.45) is 5.92 Å². The summed E-state index contributed by atoms with van der Waals surface area (Å²) in [5.41, 5.74) is 0.997. The monoisotopic (exact) mass is 334 g/mol. The van der Waals surface area contributed by atoms with Crippen LogP contribution in [0.15, 0.2) is 24.3 Å². The van der Waals surface area contributed by atoms with Crippen LogP contribution in [0.1, 0.15) is 38.7 Å². The maximum Gasteiger partial charge on any atom is 0.227 e. The van der Waals surface area contributed by atoms with E-state index in [-0.39, 0.29) is 23.5 Å². The van der Waals surface area contributed by atoms with Crippen LogP contribution >= 0.6 is 0 Å². The summed E-state index contributed by atoms with van der Waals surface area (Å²) in [6.07, 6.45) is 3.04. The Bertz CT molecular complexity index is 559. The molecule has 0 aromatic heterocycles. The Hall–Kier alpha value is -1.91. The third kappa shape index (κ3) is 4.79. The van der Waals surface area contributed by atoms with Gasteiger partial charge in [-0.3, -0.25) is 9.59 Å². The molecule has 132 valence electrons. The van der Waals surface area contributed by atoms with Gasteiger partial charge in [0.25, 0.3) is 0 Å². The zero-order valence-electron chi connectivity index (χ0n) is 14.6. The third-order valence-electron chi connectivity index (χ3n) is 4.62. The van der Waals surface area contributed by atoms with Crippen molar-refractivity contribution < 1.29 is 14.0 Å². The number of unbranched alkanes of at least 4 members (excludes halogenated alkanes) is 1. The van der Waals surface area contributed by atoms with Crippen LogP contribution in [0, 0.1) is 11.7 Å². The minimum atomic E-state index is -0.256. The van der Waals surface area contributed by atoms with E-state index in [2.05, 4.69) is 6.92 Å². The Balaban J connectivity index is 1.87. The molecule has 1 fully saturated rings. The number of carbonyl (C=O) groups excluding carboxylic acids is 2. The lowest BCUT2D eigenvalue weighted by Crippen LogP contribution is -2.38. The number of hydrogen-bond acceptors (Lipinski definition) is 2. The summed E-state index contributed by atoms with van der Waals surface area (Å²) in [5, 5.41) is 0. The molecule has 0 N–H and O–H groups in total. The Morgan fingerprint density at radius 2 is 2.00 bits per heavy atom. The summed E-state index contributed by atoms with van der Waals surface area (Å²) < 4.78 is 12.9. The fourth-order valence-corrected chi connectivity index (χ4v) is 3.10. The van der Waals surface area contributed by atoms with Crippen molar-refractivity contribution >= 4 is 11.8 Å². The zero-order chi connectivity index (χ0) is 17.5. The standard InChI is InChI=1S/C19H27FN2O2/c1-3-5-11-21(4-2)19(24)16-13-18(23)22(14-16)12-10-15-6-8-17(20)9-7-15/h6-9,16H,3-5,10-14H2,1-2H3/t16-/m1/s1. The van der Waals surface area contributed by atoms with Crippen molar-refractivity contribution in [2.45, 2.75) is 39.5 Å². The van der Waals surface area contributed by atoms with E-state index in [1.807, 2.05) is 11.8 Å². The summed E-state index contributed by atoms with van der Waals surface area (Å²) in [5.74, 6) is -0.332. The van der Waals surface area contributed by atoms with Crippen molar-refractivity contribution in [1.29, 1.82) is 0 Å². The molecule has 4 nitrogen and oxygen atoms in total. The van der Waals surface area contributed by atoms with Gasteiger partial charge in [-0.2, -0.15) is 0 Å². The third-order valence-corrected chi connectivity index (χ3v) is 4.62. The number of carbonyl (C=O) groups is 2. The van der Waals surface area contributed by atoms with E-state index in [0.29, 0.717) is 32.5 Å². The minimum Gasteiger partial charge on any atom is -0.343 e. The van der Waals surface area contributed by atoms with Gasteiger partial charge in [-0.05, 0) is 37.5 Å². The molecule has 1 aromatic rings. The minimum absolute atomic E-state index is 0.0435. The zero-order valence-corrected chi connectivity index (χ0v) is 14.6. The Morgan fingerprint density at radius 3 is 2.62 bits per heavy atom. The van der Waals surface area contributed by atoms with Crippen LogP contribution in [0.25, 0.3) is 0 Å². The van der Waals surface area contributed by atoms with Gasteiger partial charge in [-0.25, -0.2) is 4.39 Å². The van der Waals surface area contributed by atoms with Crippen molar-refractivity contribution in [3.8, 4) is 0 Å². The predicted octanol–water partition coefficient (Wildman–Crippen LogP) is 2.87. The molecule has 0 radical (unpaired) electrons. The molecule has 2 amide bonds. The van der Waals surface area contributed by atoms with Gasteiger partial charge in [0.05, 0.1) is 5.92 Å². The van der Waals surface area contributed by atoms with Crippen molar-refractivity contribution in [3.63, 3.8) is 0 Å². The van der Waals surface area contributed by atoms with E-state index < -0.39 is 0 Å².